The second-order valence-corrected chi connectivity index (χ2v) is 3.62. The Morgan fingerprint density at radius 3 is 2.75 bits per heavy atom. The van der Waals surface area contributed by atoms with Gasteiger partial charge in [0, 0.05) is 5.56 Å². The molecule has 1 heterocycles. The molecule has 0 aliphatic carbocycles. The Morgan fingerprint density at radius 2 is 2.06 bits per heavy atom. The van der Waals surface area contributed by atoms with E-state index in [1.807, 2.05) is 6.92 Å². The fourth-order valence-corrected chi connectivity index (χ4v) is 1.79. The summed E-state index contributed by atoms with van der Waals surface area (Å²) in [7, 11) is 0. The Kier molecular flexibility index (Phi) is 2.56. The van der Waals surface area contributed by atoms with Crippen LogP contribution in [0, 0.1) is 0 Å². The van der Waals surface area contributed by atoms with E-state index in [1.165, 1.54) is 6.07 Å². The summed E-state index contributed by atoms with van der Waals surface area (Å²) in [6, 6.07) is 4.68. The largest absolute Gasteiger partial charge is 0.507 e. The minimum atomic E-state index is -0.762. The highest BCUT2D eigenvalue weighted by Gasteiger charge is 2.15. The molecule has 0 amide bonds. The highest BCUT2D eigenvalue weighted by molar-refractivity contribution is 5.88. The number of phenolic OH excluding ortho intramolecular Hbond substituents is 1. The monoisotopic (exact) mass is 220 g/mol. The zero-order valence-electron chi connectivity index (χ0n) is 8.86. The molecule has 0 radical (unpaired) electrons. The van der Waals surface area contributed by atoms with E-state index < -0.39 is 11.4 Å². The third-order valence-corrected chi connectivity index (χ3v) is 2.49. The molecule has 1 aromatic heterocycles. The molecule has 0 spiro atoms. The first-order valence-corrected chi connectivity index (χ1v) is 5.11. The Balaban J connectivity index is 2.91. The number of hydrogen-bond donors (Lipinski definition) is 2. The van der Waals surface area contributed by atoms with Gasteiger partial charge in [0.2, 0.25) is 5.75 Å². The van der Waals surface area contributed by atoms with E-state index in [0.717, 1.165) is 6.42 Å². The number of rotatable bonds is 2. The maximum absolute atomic E-state index is 11.3. The first-order valence-electron chi connectivity index (χ1n) is 5.11. The summed E-state index contributed by atoms with van der Waals surface area (Å²) < 4.78 is 4.89. The van der Waals surface area contributed by atoms with Gasteiger partial charge in [-0.2, -0.15) is 0 Å². The maximum Gasteiger partial charge on any atom is 0.379 e. The molecule has 0 aliphatic heterocycles. The summed E-state index contributed by atoms with van der Waals surface area (Å²) in [6.45, 7) is 1.93. The van der Waals surface area contributed by atoms with Gasteiger partial charge >= 0.3 is 5.63 Å². The molecule has 0 unspecified atom stereocenters. The van der Waals surface area contributed by atoms with Crippen molar-refractivity contribution in [2.24, 2.45) is 0 Å². The van der Waals surface area contributed by atoms with Crippen molar-refractivity contribution in [3.63, 3.8) is 0 Å². The number of benzene rings is 1. The minimum Gasteiger partial charge on any atom is -0.507 e. The zero-order chi connectivity index (χ0) is 11.7. The predicted octanol–water partition coefficient (Wildman–Crippen LogP) is 2.16. The van der Waals surface area contributed by atoms with Crippen molar-refractivity contribution in [3.05, 3.63) is 34.2 Å². The van der Waals surface area contributed by atoms with Gasteiger partial charge in [0.1, 0.15) is 11.3 Å². The lowest BCUT2D eigenvalue weighted by Crippen LogP contribution is -2.03. The van der Waals surface area contributed by atoms with Crippen LogP contribution in [0.2, 0.25) is 0 Å². The molecule has 2 N–H and O–H groups in total. The normalized spacial score (nSPS) is 10.8. The molecule has 0 saturated heterocycles. The van der Waals surface area contributed by atoms with Crippen LogP contribution in [0.25, 0.3) is 11.0 Å². The van der Waals surface area contributed by atoms with E-state index >= 15 is 0 Å². The molecule has 0 aliphatic rings. The summed E-state index contributed by atoms with van der Waals surface area (Å²) in [5.74, 6) is -0.393. The van der Waals surface area contributed by atoms with Crippen molar-refractivity contribution >= 4 is 11.0 Å². The molecule has 0 saturated carbocycles. The van der Waals surface area contributed by atoms with Crippen molar-refractivity contribution in [3.8, 4) is 11.5 Å². The van der Waals surface area contributed by atoms with Gasteiger partial charge in [0.15, 0.2) is 0 Å². The SMILES string of the molecule is CCCc1c(O)c(=O)oc2cccc(O)c12. The molecule has 4 nitrogen and oxygen atoms in total. The summed E-state index contributed by atoms with van der Waals surface area (Å²) in [5, 5.41) is 19.8. The molecule has 0 bridgehead atoms. The van der Waals surface area contributed by atoms with Gasteiger partial charge in [-0.3, -0.25) is 0 Å². The number of phenols is 1. The van der Waals surface area contributed by atoms with E-state index in [-0.39, 0.29) is 5.75 Å². The second-order valence-electron chi connectivity index (χ2n) is 3.62. The quantitative estimate of drug-likeness (QED) is 0.761. The Labute approximate surface area is 91.8 Å². The summed E-state index contributed by atoms with van der Waals surface area (Å²) in [5.41, 5.74) is -0.0142. The van der Waals surface area contributed by atoms with Gasteiger partial charge in [0.05, 0.1) is 5.39 Å². The average molecular weight is 220 g/mol. The minimum absolute atomic E-state index is 0.0139. The third-order valence-electron chi connectivity index (χ3n) is 2.49. The van der Waals surface area contributed by atoms with Gasteiger partial charge in [-0.05, 0) is 18.6 Å². The smallest absolute Gasteiger partial charge is 0.379 e. The molecule has 84 valence electrons. The van der Waals surface area contributed by atoms with Crippen molar-refractivity contribution < 1.29 is 14.6 Å². The van der Waals surface area contributed by atoms with Gasteiger partial charge in [-0.15, -0.1) is 0 Å². The van der Waals surface area contributed by atoms with Crippen LogP contribution < -0.4 is 5.63 Å². The van der Waals surface area contributed by atoms with Crippen LogP contribution >= 0.6 is 0 Å². The zero-order valence-corrected chi connectivity index (χ0v) is 8.86. The summed E-state index contributed by atoms with van der Waals surface area (Å²) in [4.78, 5) is 11.3. The lowest BCUT2D eigenvalue weighted by molar-refractivity contribution is 0.419. The Morgan fingerprint density at radius 1 is 1.31 bits per heavy atom. The average Bonchev–Trinajstić information content (AvgIpc) is 2.25. The van der Waals surface area contributed by atoms with E-state index in [9.17, 15) is 15.0 Å². The van der Waals surface area contributed by atoms with E-state index in [4.69, 9.17) is 4.42 Å². The van der Waals surface area contributed by atoms with E-state index in [1.54, 1.807) is 12.1 Å². The Hall–Kier alpha value is -1.97. The van der Waals surface area contributed by atoms with Gasteiger partial charge in [-0.25, -0.2) is 4.79 Å². The molecular formula is C12H12O4. The molecule has 0 fully saturated rings. The van der Waals surface area contributed by atoms with Crippen molar-refractivity contribution in [2.75, 3.05) is 0 Å². The van der Waals surface area contributed by atoms with Gasteiger partial charge in [-0.1, -0.05) is 19.4 Å². The van der Waals surface area contributed by atoms with Gasteiger partial charge < -0.3 is 14.6 Å². The van der Waals surface area contributed by atoms with Crippen molar-refractivity contribution in [2.45, 2.75) is 19.8 Å². The summed E-state index contributed by atoms with van der Waals surface area (Å²) in [6.07, 6.45) is 1.28. The highest BCUT2D eigenvalue weighted by atomic mass is 16.4. The van der Waals surface area contributed by atoms with E-state index in [2.05, 4.69) is 0 Å². The fourth-order valence-electron chi connectivity index (χ4n) is 1.79. The number of aryl methyl sites for hydroxylation is 1. The lowest BCUT2D eigenvalue weighted by atomic mass is 10.0. The van der Waals surface area contributed by atoms with Crippen molar-refractivity contribution in [1.82, 2.24) is 0 Å². The molecule has 16 heavy (non-hydrogen) atoms. The van der Waals surface area contributed by atoms with Crippen LogP contribution in [0.1, 0.15) is 18.9 Å². The first kappa shape index (κ1) is 10.5. The van der Waals surface area contributed by atoms with Crippen LogP contribution in [0.3, 0.4) is 0 Å². The van der Waals surface area contributed by atoms with Crippen LogP contribution in [0.5, 0.6) is 11.5 Å². The number of aromatic hydroxyl groups is 2. The predicted molar refractivity (Wildman–Crippen MR) is 59.8 cm³/mol. The molecule has 2 aromatic rings. The maximum atomic E-state index is 11.3. The Bertz CT molecular complexity index is 583. The molecular weight excluding hydrogens is 208 g/mol. The lowest BCUT2D eigenvalue weighted by Gasteiger charge is -2.07. The molecule has 4 heteroatoms. The molecule has 0 atom stereocenters. The third kappa shape index (κ3) is 1.52. The van der Waals surface area contributed by atoms with Crippen LogP contribution in [-0.2, 0) is 6.42 Å². The summed E-state index contributed by atoms with van der Waals surface area (Å²) >= 11 is 0. The van der Waals surface area contributed by atoms with Crippen molar-refractivity contribution in [1.29, 1.82) is 0 Å². The topological polar surface area (TPSA) is 70.7 Å². The fraction of sp³-hybridized carbons (Fsp3) is 0.250. The molecule has 1 aromatic carbocycles. The van der Waals surface area contributed by atoms with Crippen LogP contribution in [0.4, 0.5) is 0 Å². The first-order chi connectivity index (χ1) is 7.65. The second kappa shape index (κ2) is 3.89. The van der Waals surface area contributed by atoms with Gasteiger partial charge in [0.25, 0.3) is 0 Å². The van der Waals surface area contributed by atoms with Crippen LogP contribution in [0.15, 0.2) is 27.4 Å². The highest BCUT2D eigenvalue weighted by Crippen LogP contribution is 2.31. The van der Waals surface area contributed by atoms with E-state index in [0.29, 0.717) is 23.0 Å². The van der Waals surface area contributed by atoms with Crippen LogP contribution in [-0.4, -0.2) is 10.2 Å². The standard InChI is InChI=1S/C12H12O4/c1-2-4-7-10-8(13)5-3-6-9(10)16-12(15)11(7)14/h3,5-6,13-14H,2,4H2,1H3. The number of fused-ring (bicyclic) bond motifs is 1. The number of hydrogen-bond acceptors (Lipinski definition) is 4. The molecule has 2 rings (SSSR count).